The molecule has 0 aromatic heterocycles. The topological polar surface area (TPSA) is 125 Å². The van der Waals surface area contributed by atoms with E-state index in [1.165, 1.54) is 19.3 Å². The second-order valence-corrected chi connectivity index (χ2v) is 11.0. The van der Waals surface area contributed by atoms with Crippen LogP contribution >= 0.6 is 0 Å². The van der Waals surface area contributed by atoms with Crippen molar-refractivity contribution in [3.63, 3.8) is 0 Å². The summed E-state index contributed by atoms with van der Waals surface area (Å²) >= 11 is 0. The number of nitrogens with one attached hydrogen (secondary N) is 1. The van der Waals surface area contributed by atoms with Gasteiger partial charge in [-0.2, -0.15) is 8.42 Å². The summed E-state index contributed by atoms with van der Waals surface area (Å²) in [5.41, 5.74) is 1.70. The number of aromatic hydroxyl groups is 2. The third kappa shape index (κ3) is 8.61. The summed E-state index contributed by atoms with van der Waals surface area (Å²) in [4.78, 5) is 0. The third-order valence-electron chi connectivity index (χ3n) is 6.30. The lowest BCUT2D eigenvalue weighted by atomic mass is 9.99. The highest BCUT2D eigenvalue weighted by Gasteiger charge is 2.14. The van der Waals surface area contributed by atoms with Gasteiger partial charge in [0, 0.05) is 17.0 Å². The minimum Gasteiger partial charge on any atom is -0.508 e. The monoisotopic (exact) mass is 551 g/mol. The van der Waals surface area contributed by atoms with Gasteiger partial charge in [-0.1, -0.05) is 24.6 Å². The Bertz CT molecular complexity index is 1490. The maximum absolute atomic E-state index is 10.00. The van der Waals surface area contributed by atoms with Crippen molar-refractivity contribution in [2.75, 3.05) is 19.4 Å². The number of phenolic OH excluding ortho intramolecular Hbond substituents is 2. The Balaban J connectivity index is 0.000000648. The number of fused-ring (bicyclic) bond motifs is 1. The lowest BCUT2D eigenvalue weighted by molar-refractivity contribution is 0.268. The van der Waals surface area contributed by atoms with Gasteiger partial charge >= 0.3 is 0 Å². The molecule has 1 heterocycles. The Labute approximate surface area is 228 Å². The molecule has 4 aromatic carbocycles. The molecule has 4 N–H and O–H groups in total. The fourth-order valence-corrected chi connectivity index (χ4v) is 4.51. The molecule has 0 aliphatic carbocycles. The summed E-state index contributed by atoms with van der Waals surface area (Å²) in [5, 5.41) is 25.2. The second-order valence-electron chi connectivity index (χ2n) is 9.49. The highest BCUT2D eigenvalue weighted by atomic mass is 32.2. The molecular formula is C30H33NO7S. The molecule has 0 spiro atoms. The zero-order valence-corrected chi connectivity index (χ0v) is 22.5. The maximum atomic E-state index is 10.00. The molecule has 1 aliphatic rings. The molecule has 1 aliphatic heterocycles. The van der Waals surface area contributed by atoms with Crippen LogP contribution in [0.2, 0.25) is 0 Å². The summed E-state index contributed by atoms with van der Waals surface area (Å²) in [6, 6.07) is 24.4. The van der Waals surface area contributed by atoms with E-state index in [2.05, 4.69) is 5.32 Å². The molecule has 0 amide bonds. The summed E-state index contributed by atoms with van der Waals surface area (Å²) in [5.74, 6) is 2.57. The fourth-order valence-electron chi connectivity index (χ4n) is 4.51. The predicted octanol–water partition coefficient (Wildman–Crippen LogP) is 6.13. The first-order valence-corrected chi connectivity index (χ1v) is 14.6. The van der Waals surface area contributed by atoms with E-state index < -0.39 is 10.1 Å². The number of hydrogen-bond donors (Lipinski definition) is 4. The van der Waals surface area contributed by atoms with E-state index in [1.807, 2.05) is 54.6 Å². The van der Waals surface area contributed by atoms with Crippen LogP contribution in [0.5, 0.6) is 28.7 Å². The van der Waals surface area contributed by atoms with Gasteiger partial charge in [0.2, 0.25) is 0 Å². The zero-order valence-electron chi connectivity index (χ0n) is 21.7. The first kappa shape index (κ1) is 28.2. The summed E-state index contributed by atoms with van der Waals surface area (Å²) in [6.45, 7) is 1.79. The van der Waals surface area contributed by atoms with Crippen LogP contribution in [-0.2, 0) is 10.1 Å². The van der Waals surface area contributed by atoms with Crippen molar-refractivity contribution in [3.05, 3.63) is 78.9 Å². The Morgan fingerprint density at radius 1 is 0.897 bits per heavy atom. The molecule has 1 saturated heterocycles. The van der Waals surface area contributed by atoms with Gasteiger partial charge in [-0.3, -0.25) is 4.55 Å². The van der Waals surface area contributed by atoms with Crippen molar-refractivity contribution < 1.29 is 32.7 Å². The number of hydrogen-bond acceptors (Lipinski definition) is 7. The highest BCUT2D eigenvalue weighted by Crippen LogP contribution is 2.41. The number of ether oxygens (including phenoxy) is 2. The van der Waals surface area contributed by atoms with E-state index in [-0.39, 0.29) is 11.5 Å². The van der Waals surface area contributed by atoms with E-state index in [0.717, 1.165) is 40.6 Å². The molecule has 4 aromatic rings. The average Bonchev–Trinajstić information content (AvgIpc) is 2.89. The van der Waals surface area contributed by atoms with Crippen LogP contribution < -0.4 is 14.8 Å². The fraction of sp³-hybridized carbons (Fsp3) is 0.267. The Morgan fingerprint density at radius 3 is 2.31 bits per heavy atom. The van der Waals surface area contributed by atoms with Crippen LogP contribution in [-0.4, -0.2) is 48.6 Å². The Hall–Kier alpha value is -3.79. The van der Waals surface area contributed by atoms with Crippen LogP contribution in [0.1, 0.15) is 25.7 Å². The van der Waals surface area contributed by atoms with Crippen molar-refractivity contribution in [2.45, 2.75) is 31.7 Å². The van der Waals surface area contributed by atoms with E-state index in [4.69, 9.17) is 14.0 Å². The van der Waals surface area contributed by atoms with Gasteiger partial charge in [-0.25, -0.2) is 0 Å². The number of benzene rings is 4. The standard InChI is InChI=1S/C29H29NO4.CH4O3S/c31-23-6-3-4-20(18-23)27-13-7-21-19-24(32)8-14-28(21)29(27)34-26-11-9-25(10-12-26)33-17-15-22-5-1-2-16-30-22;1-5(2,3)4/h3-4,6-14,18-19,22,30-32H,1-2,5,15-17H2;1H3,(H,2,3,4). The van der Waals surface area contributed by atoms with Crippen molar-refractivity contribution in [1.29, 1.82) is 0 Å². The highest BCUT2D eigenvalue weighted by molar-refractivity contribution is 7.85. The van der Waals surface area contributed by atoms with Crippen LogP contribution in [0.15, 0.2) is 78.9 Å². The Kier molecular flexibility index (Phi) is 9.29. The minimum atomic E-state index is -3.67. The van der Waals surface area contributed by atoms with Crippen molar-refractivity contribution in [2.24, 2.45) is 0 Å². The van der Waals surface area contributed by atoms with Gasteiger partial charge in [-0.15, -0.1) is 0 Å². The molecule has 39 heavy (non-hydrogen) atoms. The van der Waals surface area contributed by atoms with E-state index in [1.54, 1.807) is 24.3 Å². The molecule has 1 atom stereocenters. The molecule has 0 radical (unpaired) electrons. The van der Waals surface area contributed by atoms with Crippen molar-refractivity contribution in [1.82, 2.24) is 5.32 Å². The number of piperidine rings is 1. The first-order chi connectivity index (χ1) is 18.7. The molecule has 206 valence electrons. The molecule has 8 nitrogen and oxygen atoms in total. The van der Waals surface area contributed by atoms with Gasteiger partial charge in [0.05, 0.1) is 12.9 Å². The number of phenols is 2. The molecule has 5 rings (SSSR count). The lowest BCUT2D eigenvalue weighted by Crippen LogP contribution is -2.35. The molecular weight excluding hydrogens is 518 g/mol. The largest absolute Gasteiger partial charge is 0.508 e. The van der Waals surface area contributed by atoms with Gasteiger partial charge in [0.25, 0.3) is 10.1 Å². The van der Waals surface area contributed by atoms with Gasteiger partial charge in [0.15, 0.2) is 0 Å². The summed E-state index contributed by atoms with van der Waals surface area (Å²) in [7, 11) is -3.67. The Morgan fingerprint density at radius 2 is 1.62 bits per heavy atom. The van der Waals surface area contributed by atoms with E-state index in [0.29, 0.717) is 30.4 Å². The number of rotatable bonds is 7. The maximum Gasteiger partial charge on any atom is 0.261 e. The minimum absolute atomic E-state index is 0.194. The molecule has 1 unspecified atom stereocenters. The van der Waals surface area contributed by atoms with Crippen molar-refractivity contribution in [3.8, 4) is 39.9 Å². The van der Waals surface area contributed by atoms with Gasteiger partial charge in [-0.05, 0) is 97.4 Å². The zero-order chi connectivity index (χ0) is 27.8. The SMILES string of the molecule is CS(=O)(=O)O.Oc1cccc(-c2ccc3cc(O)ccc3c2Oc2ccc(OCCC3CCCCN3)cc2)c1. The molecule has 9 heteroatoms. The quantitative estimate of drug-likeness (QED) is 0.202. The first-order valence-electron chi connectivity index (χ1n) is 12.8. The molecule has 1 fully saturated rings. The van der Waals surface area contributed by atoms with Crippen LogP contribution in [0, 0.1) is 0 Å². The van der Waals surface area contributed by atoms with Gasteiger partial charge < -0.3 is 25.0 Å². The molecule has 0 bridgehead atoms. The third-order valence-corrected chi connectivity index (χ3v) is 6.30. The smallest absolute Gasteiger partial charge is 0.261 e. The van der Waals surface area contributed by atoms with Crippen LogP contribution in [0.25, 0.3) is 21.9 Å². The van der Waals surface area contributed by atoms with Crippen LogP contribution in [0.3, 0.4) is 0 Å². The molecule has 0 saturated carbocycles. The normalized spacial score (nSPS) is 15.3. The van der Waals surface area contributed by atoms with Crippen LogP contribution in [0.4, 0.5) is 0 Å². The second kappa shape index (κ2) is 12.8. The predicted molar refractivity (Wildman–Crippen MR) is 152 cm³/mol. The average molecular weight is 552 g/mol. The lowest BCUT2D eigenvalue weighted by Gasteiger charge is -2.23. The summed E-state index contributed by atoms with van der Waals surface area (Å²) in [6.07, 6.45) is 5.51. The summed E-state index contributed by atoms with van der Waals surface area (Å²) < 4.78 is 38.2. The van der Waals surface area contributed by atoms with Crippen molar-refractivity contribution >= 4 is 20.9 Å². The van der Waals surface area contributed by atoms with E-state index >= 15 is 0 Å². The van der Waals surface area contributed by atoms with Gasteiger partial charge in [0.1, 0.15) is 28.7 Å². The van der Waals surface area contributed by atoms with E-state index in [9.17, 15) is 18.6 Å².